The van der Waals surface area contributed by atoms with Gasteiger partial charge >= 0.3 is 0 Å². The summed E-state index contributed by atoms with van der Waals surface area (Å²) < 4.78 is 0. The highest BCUT2D eigenvalue weighted by Gasteiger charge is 2.48. The minimum Gasteiger partial charge on any atom is -0.299 e. The minimum atomic E-state index is 0.322. The van der Waals surface area contributed by atoms with Crippen LogP contribution in [0.2, 0.25) is 0 Å². The normalized spacial score (nSPS) is 44.9. The predicted molar refractivity (Wildman–Crippen MR) is 62.6 cm³/mol. The SMILES string of the molecule is C[C@@H]1CCC2C(C1=O)[C@H](C)CCC2(C)C. The molecular formula is C14H24O. The van der Waals surface area contributed by atoms with Crippen molar-refractivity contribution in [3.8, 4) is 0 Å². The van der Waals surface area contributed by atoms with Crippen LogP contribution in [0.5, 0.6) is 0 Å². The molecule has 2 aliphatic carbocycles. The quantitative estimate of drug-likeness (QED) is 0.593. The minimum absolute atomic E-state index is 0.322. The van der Waals surface area contributed by atoms with Gasteiger partial charge in [0.05, 0.1) is 0 Å². The summed E-state index contributed by atoms with van der Waals surface area (Å²) in [5.74, 6) is 2.54. The van der Waals surface area contributed by atoms with Crippen LogP contribution >= 0.6 is 0 Å². The number of rotatable bonds is 0. The second-order valence-electron chi connectivity index (χ2n) is 6.52. The first-order valence-corrected chi connectivity index (χ1v) is 6.47. The Morgan fingerprint density at radius 2 is 1.80 bits per heavy atom. The molecule has 0 aromatic rings. The second-order valence-corrected chi connectivity index (χ2v) is 6.52. The summed E-state index contributed by atoms with van der Waals surface area (Å²) in [6, 6.07) is 0. The van der Waals surface area contributed by atoms with E-state index >= 15 is 0 Å². The number of Topliss-reactive ketones (excluding diaryl/α,β-unsaturated/α-hetero) is 1. The number of ketones is 1. The first kappa shape index (κ1) is 11.2. The zero-order valence-corrected chi connectivity index (χ0v) is 10.5. The number of hydrogen-bond acceptors (Lipinski definition) is 1. The monoisotopic (exact) mass is 208 g/mol. The lowest BCUT2D eigenvalue weighted by Crippen LogP contribution is -2.47. The lowest BCUT2D eigenvalue weighted by atomic mass is 9.54. The highest BCUT2D eigenvalue weighted by molar-refractivity contribution is 5.84. The van der Waals surface area contributed by atoms with E-state index in [1.807, 2.05) is 0 Å². The topological polar surface area (TPSA) is 17.1 Å². The summed E-state index contributed by atoms with van der Waals surface area (Å²) in [6.45, 7) is 9.12. The summed E-state index contributed by atoms with van der Waals surface area (Å²) in [7, 11) is 0. The molecule has 2 unspecified atom stereocenters. The molecule has 86 valence electrons. The molecule has 2 fully saturated rings. The van der Waals surface area contributed by atoms with E-state index in [0.29, 0.717) is 34.9 Å². The van der Waals surface area contributed by atoms with E-state index in [4.69, 9.17) is 0 Å². The number of hydrogen-bond donors (Lipinski definition) is 0. The molecule has 0 bridgehead atoms. The Kier molecular flexibility index (Phi) is 2.68. The third kappa shape index (κ3) is 1.74. The maximum absolute atomic E-state index is 12.3. The number of carbonyl (C=O) groups is 1. The third-order valence-electron chi connectivity index (χ3n) is 5.02. The van der Waals surface area contributed by atoms with Crippen molar-refractivity contribution in [1.82, 2.24) is 0 Å². The van der Waals surface area contributed by atoms with E-state index in [1.54, 1.807) is 0 Å². The zero-order chi connectivity index (χ0) is 11.2. The molecule has 2 rings (SSSR count). The van der Waals surface area contributed by atoms with Gasteiger partial charge in [-0.25, -0.2) is 0 Å². The molecule has 0 heterocycles. The average Bonchev–Trinajstić information content (AvgIpc) is 2.17. The maximum Gasteiger partial charge on any atom is 0.139 e. The Balaban J connectivity index is 2.27. The van der Waals surface area contributed by atoms with Crippen molar-refractivity contribution in [2.75, 3.05) is 0 Å². The Bertz CT molecular complexity index is 267. The molecule has 0 aromatic carbocycles. The molecule has 0 amide bonds. The molecule has 15 heavy (non-hydrogen) atoms. The molecule has 0 spiro atoms. The van der Waals surface area contributed by atoms with E-state index in [1.165, 1.54) is 19.3 Å². The lowest BCUT2D eigenvalue weighted by Gasteiger charge is -2.50. The number of carbonyl (C=O) groups excluding carboxylic acids is 1. The Hall–Kier alpha value is -0.330. The fraction of sp³-hybridized carbons (Fsp3) is 0.929. The van der Waals surface area contributed by atoms with Gasteiger partial charge in [-0.3, -0.25) is 4.79 Å². The van der Waals surface area contributed by atoms with Gasteiger partial charge in [-0.15, -0.1) is 0 Å². The van der Waals surface area contributed by atoms with E-state index < -0.39 is 0 Å². The van der Waals surface area contributed by atoms with Gasteiger partial charge in [0, 0.05) is 11.8 Å². The fourth-order valence-corrected chi connectivity index (χ4v) is 3.80. The summed E-state index contributed by atoms with van der Waals surface area (Å²) >= 11 is 0. The summed E-state index contributed by atoms with van der Waals surface area (Å²) in [5, 5.41) is 0. The molecular weight excluding hydrogens is 184 g/mol. The lowest BCUT2D eigenvalue weighted by molar-refractivity contribution is -0.139. The Morgan fingerprint density at radius 1 is 1.13 bits per heavy atom. The van der Waals surface area contributed by atoms with Crippen LogP contribution in [0.25, 0.3) is 0 Å². The van der Waals surface area contributed by atoms with Crippen LogP contribution in [0.3, 0.4) is 0 Å². The highest BCUT2D eigenvalue weighted by Crippen LogP contribution is 2.52. The molecule has 0 saturated heterocycles. The predicted octanol–water partition coefficient (Wildman–Crippen LogP) is 3.67. The first-order chi connectivity index (χ1) is 6.93. The molecule has 2 aliphatic rings. The molecule has 0 N–H and O–H groups in total. The highest BCUT2D eigenvalue weighted by atomic mass is 16.1. The van der Waals surface area contributed by atoms with Gasteiger partial charge in [-0.05, 0) is 42.9 Å². The third-order valence-corrected chi connectivity index (χ3v) is 5.02. The Morgan fingerprint density at radius 3 is 2.47 bits per heavy atom. The van der Waals surface area contributed by atoms with Crippen LogP contribution in [0.15, 0.2) is 0 Å². The van der Waals surface area contributed by atoms with Crippen LogP contribution in [0, 0.1) is 29.1 Å². The molecule has 1 heteroatoms. The first-order valence-electron chi connectivity index (χ1n) is 6.47. The summed E-state index contributed by atoms with van der Waals surface area (Å²) in [5.41, 5.74) is 0.396. The van der Waals surface area contributed by atoms with Crippen molar-refractivity contribution in [2.24, 2.45) is 29.1 Å². The summed E-state index contributed by atoms with van der Waals surface area (Å²) in [6.07, 6.45) is 4.94. The second kappa shape index (κ2) is 3.61. The standard InChI is InChI=1S/C14H24O/c1-9-7-8-14(3,4)11-6-5-10(2)13(15)12(9)11/h9-12H,5-8H2,1-4H3/t9-,10-,11?,12?/m1/s1. The van der Waals surface area contributed by atoms with Crippen LogP contribution in [0.4, 0.5) is 0 Å². The van der Waals surface area contributed by atoms with Crippen LogP contribution in [0.1, 0.15) is 53.4 Å². The molecule has 0 aliphatic heterocycles. The smallest absolute Gasteiger partial charge is 0.139 e. The largest absolute Gasteiger partial charge is 0.299 e. The van der Waals surface area contributed by atoms with Crippen molar-refractivity contribution in [2.45, 2.75) is 53.4 Å². The van der Waals surface area contributed by atoms with E-state index in [2.05, 4.69) is 27.7 Å². The summed E-state index contributed by atoms with van der Waals surface area (Å²) in [4.78, 5) is 12.3. The average molecular weight is 208 g/mol. The Labute approximate surface area is 93.6 Å². The van der Waals surface area contributed by atoms with Crippen molar-refractivity contribution in [3.63, 3.8) is 0 Å². The molecule has 0 aromatic heterocycles. The van der Waals surface area contributed by atoms with Crippen molar-refractivity contribution in [1.29, 1.82) is 0 Å². The molecule has 0 radical (unpaired) electrons. The van der Waals surface area contributed by atoms with Gasteiger partial charge in [0.1, 0.15) is 5.78 Å². The molecule has 4 atom stereocenters. The van der Waals surface area contributed by atoms with Gasteiger partial charge < -0.3 is 0 Å². The van der Waals surface area contributed by atoms with E-state index in [-0.39, 0.29) is 0 Å². The van der Waals surface area contributed by atoms with Crippen LogP contribution < -0.4 is 0 Å². The van der Waals surface area contributed by atoms with E-state index in [9.17, 15) is 4.79 Å². The van der Waals surface area contributed by atoms with Crippen molar-refractivity contribution >= 4 is 5.78 Å². The van der Waals surface area contributed by atoms with Gasteiger partial charge in [0.2, 0.25) is 0 Å². The fourth-order valence-electron chi connectivity index (χ4n) is 3.80. The molecule has 1 nitrogen and oxygen atoms in total. The van der Waals surface area contributed by atoms with Crippen LogP contribution in [-0.4, -0.2) is 5.78 Å². The van der Waals surface area contributed by atoms with Gasteiger partial charge in [0.25, 0.3) is 0 Å². The van der Waals surface area contributed by atoms with Gasteiger partial charge in [-0.2, -0.15) is 0 Å². The van der Waals surface area contributed by atoms with Gasteiger partial charge in [0.15, 0.2) is 0 Å². The number of fused-ring (bicyclic) bond motifs is 1. The van der Waals surface area contributed by atoms with Gasteiger partial charge in [-0.1, -0.05) is 27.7 Å². The van der Waals surface area contributed by atoms with Crippen molar-refractivity contribution < 1.29 is 4.79 Å². The maximum atomic E-state index is 12.3. The van der Waals surface area contributed by atoms with E-state index in [0.717, 1.165) is 6.42 Å². The molecule has 2 saturated carbocycles. The van der Waals surface area contributed by atoms with Crippen LogP contribution in [-0.2, 0) is 4.79 Å². The van der Waals surface area contributed by atoms with Crippen molar-refractivity contribution in [3.05, 3.63) is 0 Å². The zero-order valence-electron chi connectivity index (χ0n) is 10.5.